The van der Waals surface area contributed by atoms with Gasteiger partial charge in [-0.2, -0.15) is 0 Å². The molecule has 3 aromatic rings. The van der Waals surface area contributed by atoms with Crippen LogP contribution >= 0.6 is 22.9 Å². The third-order valence-corrected chi connectivity index (χ3v) is 6.62. The monoisotopic (exact) mass is 468 g/mol. The summed E-state index contributed by atoms with van der Waals surface area (Å²) >= 11 is 7.39. The number of carbonyl (C=O) groups excluding carboxylic acids is 2. The highest BCUT2D eigenvalue weighted by molar-refractivity contribution is 7.16. The summed E-state index contributed by atoms with van der Waals surface area (Å²) < 4.78 is 5.45. The van der Waals surface area contributed by atoms with Gasteiger partial charge in [0, 0.05) is 15.5 Å². The van der Waals surface area contributed by atoms with Gasteiger partial charge >= 0.3 is 5.91 Å². The largest absolute Gasteiger partial charge is 0.507 e. The van der Waals surface area contributed by atoms with Crippen molar-refractivity contribution in [2.75, 3.05) is 11.5 Å². The maximum absolute atomic E-state index is 13.1. The van der Waals surface area contributed by atoms with Crippen molar-refractivity contribution in [1.29, 1.82) is 0 Å². The van der Waals surface area contributed by atoms with Crippen molar-refractivity contribution in [1.82, 2.24) is 4.98 Å². The number of carbonyl (C=O) groups is 2. The summed E-state index contributed by atoms with van der Waals surface area (Å²) in [7, 11) is 0. The summed E-state index contributed by atoms with van der Waals surface area (Å²) in [5.74, 6) is -1.10. The number of Topliss-reactive ketones (excluding diaryl/α,β-unsaturated/α-hetero) is 1. The summed E-state index contributed by atoms with van der Waals surface area (Å²) in [6.45, 7) is 6.15. The fourth-order valence-electron chi connectivity index (χ4n) is 3.58. The van der Waals surface area contributed by atoms with Gasteiger partial charge in [-0.05, 0) is 62.7 Å². The molecule has 32 heavy (non-hydrogen) atoms. The van der Waals surface area contributed by atoms with E-state index in [9.17, 15) is 14.7 Å². The van der Waals surface area contributed by atoms with Gasteiger partial charge < -0.3 is 9.84 Å². The fraction of sp³-hybridized carbons (Fsp3) is 0.208. The van der Waals surface area contributed by atoms with E-state index in [1.165, 1.54) is 16.2 Å². The summed E-state index contributed by atoms with van der Waals surface area (Å²) in [5, 5.41) is 12.1. The first kappa shape index (κ1) is 22.0. The Kier molecular flexibility index (Phi) is 6.04. The Morgan fingerprint density at radius 2 is 1.78 bits per heavy atom. The minimum absolute atomic E-state index is 0.00647. The van der Waals surface area contributed by atoms with Crippen molar-refractivity contribution in [2.24, 2.45) is 0 Å². The number of rotatable bonds is 5. The maximum Gasteiger partial charge on any atom is 0.301 e. The summed E-state index contributed by atoms with van der Waals surface area (Å²) in [6.07, 6.45) is 0. The molecule has 1 fully saturated rings. The molecule has 2 aromatic carbocycles. The van der Waals surface area contributed by atoms with Crippen LogP contribution in [0.4, 0.5) is 5.13 Å². The first-order chi connectivity index (χ1) is 15.3. The molecule has 4 rings (SSSR count). The van der Waals surface area contributed by atoms with Crippen LogP contribution in [0.3, 0.4) is 0 Å². The molecule has 0 aliphatic carbocycles. The normalized spacial score (nSPS) is 17.8. The second-order valence-electron chi connectivity index (χ2n) is 7.32. The molecule has 1 aromatic heterocycles. The maximum atomic E-state index is 13.1. The molecule has 1 aliphatic heterocycles. The van der Waals surface area contributed by atoms with Crippen LogP contribution in [0.25, 0.3) is 5.76 Å². The smallest absolute Gasteiger partial charge is 0.301 e. The highest BCUT2D eigenvalue weighted by Gasteiger charge is 2.48. The number of benzene rings is 2. The van der Waals surface area contributed by atoms with Gasteiger partial charge in [0.2, 0.25) is 0 Å². The predicted octanol–water partition coefficient (Wildman–Crippen LogP) is 5.44. The first-order valence-electron chi connectivity index (χ1n) is 10.1. The number of nitrogens with zero attached hydrogens (tertiary/aromatic N) is 2. The molecule has 8 heteroatoms. The number of aromatic nitrogens is 1. The number of aliphatic hydroxyl groups is 1. The van der Waals surface area contributed by atoms with Crippen LogP contribution in [-0.2, 0) is 9.59 Å². The minimum Gasteiger partial charge on any atom is -0.507 e. The van der Waals surface area contributed by atoms with E-state index in [2.05, 4.69) is 4.98 Å². The molecule has 6 nitrogen and oxygen atoms in total. The van der Waals surface area contributed by atoms with E-state index >= 15 is 0 Å². The third kappa shape index (κ3) is 3.89. The lowest BCUT2D eigenvalue weighted by Gasteiger charge is -2.23. The number of thiazole rings is 1. The van der Waals surface area contributed by atoms with Crippen molar-refractivity contribution in [3.05, 3.63) is 80.8 Å². The van der Waals surface area contributed by atoms with Crippen LogP contribution in [0, 0.1) is 13.8 Å². The number of hydrogen-bond donors (Lipinski definition) is 1. The van der Waals surface area contributed by atoms with Crippen LogP contribution in [0.15, 0.2) is 54.1 Å². The van der Waals surface area contributed by atoms with Crippen LogP contribution in [-0.4, -0.2) is 28.4 Å². The lowest BCUT2D eigenvalue weighted by molar-refractivity contribution is -0.132. The minimum atomic E-state index is -0.830. The Bertz CT molecular complexity index is 1200. The van der Waals surface area contributed by atoms with Crippen molar-refractivity contribution < 1.29 is 19.4 Å². The molecule has 0 unspecified atom stereocenters. The standard InChI is InChI=1S/C24H21ClN2O4S/c1-4-31-18-11-7-16(8-12-18)21(28)19-20(15-5-9-17(25)10-6-15)27(23(30)22(19)29)24-26-13(2)14(3)32-24/h5-12,20,28H,4H2,1-3H3/b21-19+/t20-/m1/s1. The zero-order valence-corrected chi connectivity index (χ0v) is 19.3. The lowest BCUT2D eigenvalue weighted by atomic mass is 9.95. The molecule has 2 heterocycles. The third-order valence-electron chi connectivity index (χ3n) is 5.29. The van der Waals surface area contributed by atoms with Crippen molar-refractivity contribution in [3.63, 3.8) is 0 Å². The van der Waals surface area contributed by atoms with Crippen LogP contribution in [0.1, 0.15) is 34.7 Å². The van der Waals surface area contributed by atoms with Gasteiger partial charge in [0.25, 0.3) is 5.78 Å². The molecule has 1 aliphatic rings. The molecule has 0 bridgehead atoms. The number of hydrogen-bond acceptors (Lipinski definition) is 6. The lowest BCUT2D eigenvalue weighted by Crippen LogP contribution is -2.29. The van der Waals surface area contributed by atoms with E-state index in [4.69, 9.17) is 16.3 Å². The average molecular weight is 469 g/mol. The molecule has 1 atom stereocenters. The molecule has 0 saturated carbocycles. The topological polar surface area (TPSA) is 79.7 Å². The SMILES string of the molecule is CCOc1ccc(/C(O)=C2\C(=O)C(=O)N(c3nc(C)c(C)s3)[C@@H]2c2ccc(Cl)cc2)cc1. The van der Waals surface area contributed by atoms with Crippen LogP contribution < -0.4 is 9.64 Å². The molecule has 0 radical (unpaired) electrons. The first-order valence-corrected chi connectivity index (χ1v) is 11.2. The Morgan fingerprint density at radius 3 is 2.34 bits per heavy atom. The molecular formula is C24H21ClN2O4S. The Balaban J connectivity index is 1.89. The Hall–Kier alpha value is -3.16. The molecule has 1 saturated heterocycles. The molecule has 164 valence electrons. The van der Waals surface area contributed by atoms with E-state index < -0.39 is 17.7 Å². The summed E-state index contributed by atoms with van der Waals surface area (Å²) in [6, 6.07) is 12.8. The van der Waals surface area contributed by atoms with E-state index in [-0.39, 0.29) is 11.3 Å². The quantitative estimate of drug-likeness (QED) is 0.306. The van der Waals surface area contributed by atoms with Crippen LogP contribution in [0.5, 0.6) is 5.75 Å². The highest BCUT2D eigenvalue weighted by atomic mass is 35.5. The summed E-state index contributed by atoms with van der Waals surface area (Å²) in [5.41, 5.74) is 1.85. The highest BCUT2D eigenvalue weighted by Crippen LogP contribution is 2.44. The number of amides is 1. The van der Waals surface area contributed by atoms with Crippen LogP contribution in [0.2, 0.25) is 5.02 Å². The number of aliphatic hydroxyl groups excluding tert-OH is 1. The van der Waals surface area contributed by atoms with Gasteiger partial charge in [0.15, 0.2) is 5.13 Å². The summed E-state index contributed by atoms with van der Waals surface area (Å²) in [4.78, 5) is 33.0. The van der Waals surface area contributed by atoms with E-state index in [0.29, 0.717) is 33.6 Å². The van der Waals surface area contributed by atoms with E-state index in [1.54, 1.807) is 48.5 Å². The molecule has 0 spiro atoms. The molecular weight excluding hydrogens is 448 g/mol. The number of aryl methyl sites for hydroxylation is 2. The van der Waals surface area contributed by atoms with Crippen molar-refractivity contribution >= 4 is 45.5 Å². The molecule has 1 N–H and O–H groups in total. The second kappa shape index (κ2) is 8.76. The van der Waals surface area contributed by atoms with Gasteiger partial charge in [-0.1, -0.05) is 23.7 Å². The Labute approximate surface area is 194 Å². The van der Waals surface area contributed by atoms with E-state index in [0.717, 1.165) is 10.6 Å². The molecule has 1 amide bonds. The zero-order valence-electron chi connectivity index (χ0n) is 17.8. The average Bonchev–Trinajstić information content (AvgIpc) is 3.24. The predicted molar refractivity (Wildman–Crippen MR) is 125 cm³/mol. The number of ether oxygens (including phenoxy) is 1. The number of anilines is 1. The Morgan fingerprint density at radius 1 is 1.12 bits per heavy atom. The fourth-order valence-corrected chi connectivity index (χ4v) is 4.64. The van der Waals surface area contributed by atoms with Gasteiger partial charge in [-0.3, -0.25) is 14.5 Å². The van der Waals surface area contributed by atoms with Gasteiger partial charge in [-0.25, -0.2) is 4.98 Å². The van der Waals surface area contributed by atoms with E-state index in [1.807, 2.05) is 20.8 Å². The second-order valence-corrected chi connectivity index (χ2v) is 8.93. The van der Waals surface area contributed by atoms with Gasteiger partial charge in [-0.15, -0.1) is 11.3 Å². The van der Waals surface area contributed by atoms with Crippen molar-refractivity contribution in [2.45, 2.75) is 26.8 Å². The zero-order chi connectivity index (χ0) is 23.0. The number of halogens is 1. The number of ketones is 1. The van der Waals surface area contributed by atoms with Gasteiger partial charge in [0.05, 0.1) is 23.9 Å². The van der Waals surface area contributed by atoms with Crippen molar-refractivity contribution in [3.8, 4) is 5.75 Å². The van der Waals surface area contributed by atoms with Gasteiger partial charge in [0.1, 0.15) is 11.5 Å².